The van der Waals surface area contributed by atoms with Crippen molar-refractivity contribution in [1.29, 1.82) is 5.26 Å². The van der Waals surface area contributed by atoms with Crippen molar-refractivity contribution in [2.75, 3.05) is 25.1 Å². The van der Waals surface area contributed by atoms with Crippen molar-refractivity contribution in [3.63, 3.8) is 0 Å². The number of methoxy groups -OCH3 is 1. The van der Waals surface area contributed by atoms with E-state index in [0.717, 1.165) is 37.2 Å². The summed E-state index contributed by atoms with van der Waals surface area (Å²) in [5.74, 6) is 1.03. The zero-order chi connectivity index (χ0) is 23.0. The lowest BCUT2D eigenvalue weighted by atomic mass is 10.0. The van der Waals surface area contributed by atoms with Crippen LogP contribution in [0.1, 0.15) is 34.3 Å². The molecular formula is C27H27N3O3. The number of anilines is 1. The summed E-state index contributed by atoms with van der Waals surface area (Å²) >= 11 is 0. The molecule has 3 aromatic rings. The van der Waals surface area contributed by atoms with Crippen molar-refractivity contribution < 1.29 is 14.3 Å². The molecule has 1 aliphatic heterocycles. The van der Waals surface area contributed by atoms with E-state index in [0.29, 0.717) is 29.2 Å². The molecule has 0 spiro atoms. The van der Waals surface area contributed by atoms with Gasteiger partial charge in [0.25, 0.3) is 5.91 Å². The third kappa shape index (κ3) is 5.64. The van der Waals surface area contributed by atoms with Gasteiger partial charge in [0.1, 0.15) is 6.61 Å². The number of hydrogen-bond donors (Lipinski definition) is 1. The van der Waals surface area contributed by atoms with E-state index in [-0.39, 0.29) is 11.9 Å². The molecule has 0 atom stereocenters. The van der Waals surface area contributed by atoms with Crippen LogP contribution < -0.4 is 19.7 Å². The normalized spacial score (nSPS) is 13.8. The van der Waals surface area contributed by atoms with E-state index in [1.165, 1.54) is 0 Å². The summed E-state index contributed by atoms with van der Waals surface area (Å²) < 4.78 is 11.3. The van der Waals surface area contributed by atoms with Gasteiger partial charge in [0.2, 0.25) is 0 Å². The molecule has 0 saturated carbocycles. The molecule has 0 radical (unpaired) electrons. The Kier molecular flexibility index (Phi) is 7.11. The lowest BCUT2D eigenvalue weighted by Gasteiger charge is -2.34. The molecule has 1 heterocycles. The SMILES string of the molecule is COc1cc(C(=O)NC2CCN(c3ccc(C#N)cc3)CC2)ccc1OCc1ccccc1. The Balaban J connectivity index is 1.32. The zero-order valence-corrected chi connectivity index (χ0v) is 18.7. The maximum absolute atomic E-state index is 12.8. The van der Waals surface area contributed by atoms with Crippen molar-refractivity contribution in [3.8, 4) is 17.6 Å². The molecule has 0 aliphatic carbocycles. The van der Waals surface area contributed by atoms with E-state index in [4.69, 9.17) is 14.7 Å². The van der Waals surface area contributed by atoms with Gasteiger partial charge in [-0.25, -0.2) is 0 Å². The number of ether oxygens (including phenoxy) is 2. The Hall–Kier alpha value is -3.98. The molecule has 1 fully saturated rings. The van der Waals surface area contributed by atoms with Gasteiger partial charge in [0, 0.05) is 30.4 Å². The minimum Gasteiger partial charge on any atom is -0.493 e. The predicted molar refractivity (Wildman–Crippen MR) is 128 cm³/mol. The summed E-state index contributed by atoms with van der Waals surface area (Å²) in [6.45, 7) is 2.14. The standard InChI is InChI=1S/C27H27N3O3/c1-32-26-17-22(9-12-25(26)33-19-21-5-3-2-4-6-21)27(31)29-23-13-15-30(16-14-23)24-10-7-20(18-28)8-11-24/h2-12,17,23H,13-16,19H2,1H3,(H,29,31). The fraction of sp³-hybridized carbons (Fsp3) is 0.259. The summed E-state index contributed by atoms with van der Waals surface area (Å²) in [4.78, 5) is 15.1. The highest BCUT2D eigenvalue weighted by Gasteiger charge is 2.22. The number of nitriles is 1. The molecule has 1 aliphatic rings. The predicted octanol–water partition coefficient (Wildman–Crippen LogP) is 4.54. The number of amides is 1. The second-order valence-electron chi connectivity index (χ2n) is 8.03. The average Bonchev–Trinajstić information content (AvgIpc) is 2.88. The van der Waals surface area contributed by atoms with E-state index < -0.39 is 0 Å². The number of nitrogens with one attached hydrogen (secondary N) is 1. The first-order valence-corrected chi connectivity index (χ1v) is 11.1. The van der Waals surface area contributed by atoms with E-state index in [1.54, 1.807) is 25.3 Å². The average molecular weight is 442 g/mol. The number of hydrogen-bond acceptors (Lipinski definition) is 5. The van der Waals surface area contributed by atoms with Crippen LogP contribution in [0.15, 0.2) is 72.8 Å². The number of piperidine rings is 1. The second-order valence-corrected chi connectivity index (χ2v) is 8.03. The van der Waals surface area contributed by atoms with Crippen molar-refractivity contribution in [2.24, 2.45) is 0 Å². The fourth-order valence-electron chi connectivity index (χ4n) is 3.96. The Morgan fingerprint density at radius 3 is 2.42 bits per heavy atom. The van der Waals surface area contributed by atoms with Gasteiger partial charge in [-0.2, -0.15) is 5.26 Å². The number of carbonyl (C=O) groups is 1. The van der Waals surface area contributed by atoms with Gasteiger partial charge >= 0.3 is 0 Å². The van der Waals surface area contributed by atoms with Gasteiger partial charge in [-0.1, -0.05) is 30.3 Å². The van der Waals surface area contributed by atoms with Crippen molar-refractivity contribution >= 4 is 11.6 Å². The van der Waals surface area contributed by atoms with Gasteiger partial charge in [-0.05, 0) is 60.9 Å². The molecule has 33 heavy (non-hydrogen) atoms. The summed E-state index contributed by atoms with van der Waals surface area (Å²) in [5.41, 5.74) is 3.38. The molecule has 3 aromatic carbocycles. The van der Waals surface area contributed by atoms with Crippen LogP contribution in [0.25, 0.3) is 0 Å². The van der Waals surface area contributed by atoms with Crippen LogP contribution in [0, 0.1) is 11.3 Å². The fourth-order valence-corrected chi connectivity index (χ4v) is 3.96. The highest BCUT2D eigenvalue weighted by atomic mass is 16.5. The maximum Gasteiger partial charge on any atom is 0.251 e. The Bertz CT molecular complexity index is 1120. The quantitative estimate of drug-likeness (QED) is 0.582. The molecule has 1 saturated heterocycles. The van der Waals surface area contributed by atoms with Gasteiger partial charge in [-0.15, -0.1) is 0 Å². The highest BCUT2D eigenvalue weighted by Crippen LogP contribution is 2.29. The van der Waals surface area contributed by atoms with Crippen molar-refractivity contribution in [3.05, 3.63) is 89.5 Å². The van der Waals surface area contributed by atoms with E-state index >= 15 is 0 Å². The smallest absolute Gasteiger partial charge is 0.251 e. The first-order valence-electron chi connectivity index (χ1n) is 11.1. The van der Waals surface area contributed by atoms with Gasteiger partial charge in [0.05, 0.1) is 18.7 Å². The van der Waals surface area contributed by atoms with E-state index in [1.807, 2.05) is 54.6 Å². The number of rotatable bonds is 7. The van der Waals surface area contributed by atoms with Crippen LogP contribution in [-0.2, 0) is 6.61 Å². The third-order valence-corrected chi connectivity index (χ3v) is 5.85. The van der Waals surface area contributed by atoms with Crippen molar-refractivity contribution in [2.45, 2.75) is 25.5 Å². The maximum atomic E-state index is 12.8. The highest BCUT2D eigenvalue weighted by molar-refractivity contribution is 5.95. The van der Waals surface area contributed by atoms with Crippen LogP contribution in [0.2, 0.25) is 0 Å². The van der Waals surface area contributed by atoms with Gasteiger partial charge in [-0.3, -0.25) is 4.79 Å². The molecule has 0 aromatic heterocycles. The summed E-state index contributed by atoms with van der Waals surface area (Å²) in [5, 5.41) is 12.1. The summed E-state index contributed by atoms with van der Waals surface area (Å²) in [6, 6.07) is 25.1. The number of carbonyl (C=O) groups excluding carboxylic acids is 1. The molecule has 0 bridgehead atoms. The molecule has 1 N–H and O–H groups in total. The molecule has 4 rings (SSSR count). The minimum atomic E-state index is -0.111. The van der Waals surface area contributed by atoms with Gasteiger partial charge in [0.15, 0.2) is 11.5 Å². The largest absolute Gasteiger partial charge is 0.493 e. The zero-order valence-electron chi connectivity index (χ0n) is 18.7. The van der Waals surface area contributed by atoms with Crippen LogP contribution >= 0.6 is 0 Å². The molecule has 6 heteroatoms. The van der Waals surface area contributed by atoms with Crippen molar-refractivity contribution in [1.82, 2.24) is 5.32 Å². The second kappa shape index (κ2) is 10.6. The topological polar surface area (TPSA) is 74.6 Å². The molecule has 6 nitrogen and oxygen atoms in total. The first-order chi connectivity index (χ1) is 16.2. The summed E-state index contributed by atoms with van der Waals surface area (Å²) in [7, 11) is 1.57. The van der Waals surface area contributed by atoms with Crippen LogP contribution in [-0.4, -0.2) is 32.1 Å². The summed E-state index contributed by atoms with van der Waals surface area (Å²) in [6.07, 6.45) is 1.72. The molecule has 0 unspecified atom stereocenters. The van der Waals surface area contributed by atoms with E-state index in [2.05, 4.69) is 16.3 Å². The van der Waals surface area contributed by atoms with Crippen LogP contribution in [0.3, 0.4) is 0 Å². The number of nitrogens with zero attached hydrogens (tertiary/aromatic N) is 2. The van der Waals surface area contributed by atoms with E-state index in [9.17, 15) is 4.79 Å². The minimum absolute atomic E-state index is 0.111. The molecule has 1 amide bonds. The Morgan fingerprint density at radius 2 is 1.76 bits per heavy atom. The Labute approximate surface area is 194 Å². The monoisotopic (exact) mass is 441 g/mol. The Morgan fingerprint density at radius 1 is 1.03 bits per heavy atom. The number of benzene rings is 3. The molecule has 168 valence electrons. The lowest BCUT2D eigenvalue weighted by molar-refractivity contribution is 0.0930. The first kappa shape index (κ1) is 22.2. The van der Waals surface area contributed by atoms with Gasteiger partial charge < -0.3 is 19.7 Å². The molecular weight excluding hydrogens is 414 g/mol. The van der Waals surface area contributed by atoms with Crippen LogP contribution in [0.5, 0.6) is 11.5 Å². The third-order valence-electron chi connectivity index (χ3n) is 5.85. The lowest BCUT2D eigenvalue weighted by Crippen LogP contribution is -2.44. The van der Waals surface area contributed by atoms with Crippen LogP contribution in [0.4, 0.5) is 5.69 Å².